The van der Waals surface area contributed by atoms with E-state index in [1.165, 1.54) is 0 Å². The average Bonchev–Trinajstić information content (AvgIpc) is 2.25. The number of carbonyl (C=O) groups excluding carboxylic acids is 1. The first-order valence-corrected chi connectivity index (χ1v) is 6.56. The molecule has 0 aromatic heterocycles. The summed E-state index contributed by atoms with van der Waals surface area (Å²) in [5.41, 5.74) is 0. The maximum atomic E-state index is 11.9. The summed E-state index contributed by atoms with van der Waals surface area (Å²) < 4.78 is 22.2. The van der Waals surface area contributed by atoms with E-state index >= 15 is 0 Å². The summed E-state index contributed by atoms with van der Waals surface area (Å²) in [6.07, 6.45) is 3.24. The minimum absolute atomic E-state index is 0.0280. The van der Waals surface area contributed by atoms with Gasteiger partial charge in [-0.3, -0.25) is 9.59 Å². The third-order valence-corrected chi connectivity index (χ3v) is 2.75. The van der Waals surface area contributed by atoms with Gasteiger partial charge < -0.3 is 9.59 Å². The SMILES string of the molecule is [2H]C([2H])([2H])[N+](C)(C)C[C@@H](CC(=O)O)CC(=O)CCCCC. The van der Waals surface area contributed by atoms with E-state index in [1.807, 2.05) is 6.92 Å². The van der Waals surface area contributed by atoms with Gasteiger partial charge >= 0.3 is 5.97 Å². The van der Waals surface area contributed by atoms with Crippen LogP contribution in [0.15, 0.2) is 0 Å². The van der Waals surface area contributed by atoms with Gasteiger partial charge in [-0.1, -0.05) is 19.8 Å². The van der Waals surface area contributed by atoms with Crippen molar-refractivity contribution in [1.29, 1.82) is 0 Å². The zero-order chi connectivity index (χ0) is 16.7. The van der Waals surface area contributed by atoms with Crippen molar-refractivity contribution in [3.63, 3.8) is 0 Å². The molecular weight excluding hydrogens is 230 g/mol. The first-order valence-electron chi connectivity index (χ1n) is 8.06. The quantitative estimate of drug-likeness (QED) is 0.485. The van der Waals surface area contributed by atoms with Crippen LogP contribution in [0.25, 0.3) is 0 Å². The van der Waals surface area contributed by atoms with E-state index in [4.69, 9.17) is 9.22 Å². The molecule has 1 atom stereocenters. The highest BCUT2D eigenvalue weighted by atomic mass is 16.4. The van der Waals surface area contributed by atoms with Gasteiger partial charge in [0, 0.05) is 18.8 Å². The Balaban J connectivity index is 4.66. The fourth-order valence-electron chi connectivity index (χ4n) is 2.09. The number of Topliss-reactive ketones (excluding diaryl/α,β-unsaturated/α-hetero) is 1. The number of carboxylic acids is 1. The fourth-order valence-corrected chi connectivity index (χ4v) is 2.09. The summed E-state index contributed by atoms with van der Waals surface area (Å²) in [6.45, 7) is -0.0155. The maximum Gasteiger partial charge on any atom is 0.303 e. The second-order valence-corrected chi connectivity index (χ2v) is 5.53. The number of nitrogens with zero attached hydrogens (tertiary/aromatic N) is 1. The maximum absolute atomic E-state index is 11.9. The van der Waals surface area contributed by atoms with Crippen molar-refractivity contribution in [3.8, 4) is 0 Å². The molecule has 0 saturated carbocycles. The Morgan fingerprint density at radius 1 is 1.28 bits per heavy atom. The summed E-state index contributed by atoms with van der Waals surface area (Å²) in [5.74, 6) is -1.40. The largest absolute Gasteiger partial charge is 0.481 e. The van der Waals surface area contributed by atoms with Gasteiger partial charge in [0.15, 0.2) is 0 Å². The Hall–Kier alpha value is -0.900. The Kier molecular flexibility index (Phi) is 5.57. The van der Waals surface area contributed by atoms with Crippen molar-refractivity contribution in [2.75, 3.05) is 27.6 Å². The molecule has 0 aliphatic carbocycles. The number of hydrogen-bond acceptors (Lipinski definition) is 2. The normalized spacial score (nSPS) is 16.5. The van der Waals surface area contributed by atoms with Gasteiger partial charge in [-0.15, -0.1) is 0 Å². The van der Waals surface area contributed by atoms with Crippen LogP contribution in [0.4, 0.5) is 0 Å². The molecule has 0 unspecified atom stereocenters. The van der Waals surface area contributed by atoms with Crippen molar-refractivity contribution >= 4 is 11.8 Å². The molecule has 0 aromatic carbocycles. The molecule has 0 radical (unpaired) electrons. The van der Waals surface area contributed by atoms with Gasteiger partial charge in [0.05, 0.1) is 38.1 Å². The number of aliphatic carboxylic acids is 1. The molecule has 1 N–H and O–H groups in total. The van der Waals surface area contributed by atoms with Crippen LogP contribution in [-0.4, -0.2) is 49.0 Å². The van der Waals surface area contributed by atoms with E-state index in [9.17, 15) is 9.59 Å². The molecule has 0 aliphatic heterocycles. The molecule has 0 aliphatic rings. The van der Waals surface area contributed by atoms with E-state index in [2.05, 4.69) is 0 Å². The summed E-state index contributed by atoms with van der Waals surface area (Å²) in [4.78, 5) is 22.8. The smallest absolute Gasteiger partial charge is 0.303 e. The number of rotatable bonds is 10. The van der Waals surface area contributed by atoms with Crippen molar-refractivity contribution in [1.82, 2.24) is 0 Å². The predicted octanol–water partition coefficient (Wildman–Crippen LogP) is 2.32. The fraction of sp³-hybridized carbons (Fsp3) is 0.857. The number of quaternary nitrogens is 1. The van der Waals surface area contributed by atoms with Gasteiger partial charge in [0.1, 0.15) is 5.78 Å². The van der Waals surface area contributed by atoms with E-state index in [0.29, 0.717) is 6.42 Å². The Morgan fingerprint density at radius 2 is 1.94 bits per heavy atom. The molecule has 0 spiro atoms. The lowest BCUT2D eigenvalue weighted by atomic mass is 9.95. The molecule has 0 saturated heterocycles. The highest BCUT2D eigenvalue weighted by Crippen LogP contribution is 2.15. The van der Waals surface area contributed by atoms with Crippen LogP contribution >= 0.6 is 0 Å². The highest BCUT2D eigenvalue weighted by molar-refractivity contribution is 5.79. The zero-order valence-corrected chi connectivity index (χ0v) is 11.7. The number of ketones is 1. The predicted molar refractivity (Wildman–Crippen MR) is 72.4 cm³/mol. The van der Waals surface area contributed by atoms with Crippen LogP contribution in [0.1, 0.15) is 49.6 Å². The van der Waals surface area contributed by atoms with Crippen LogP contribution in [0, 0.1) is 5.92 Å². The lowest BCUT2D eigenvalue weighted by Crippen LogP contribution is -2.40. The summed E-state index contributed by atoms with van der Waals surface area (Å²) >= 11 is 0. The van der Waals surface area contributed by atoms with Crippen molar-refractivity contribution in [3.05, 3.63) is 0 Å². The molecule has 106 valence electrons. The molecule has 0 heterocycles. The van der Waals surface area contributed by atoms with Crippen LogP contribution in [0.5, 0.6) is 0 Å². The first kappa shape index (κ1) is 12.2. The second-order valence-electron chi connectivity index (χ2n) is 5.53. The molecular formula is C14H28NO3+. The Morgan fingerprint density at radius 3 is 2.44 bits per heavy atom. The van der Waals surface area contributed by atoms with E-state index in [0.717, 1.165) is 19.3 Å². The summed E-state index contributed by atoms with van der Waals surface area (Å²) in [5, 5.41) is 8.95. The van der Waals surface area contributed by atoms with Crippen molar-refractivity contribution in [2.45, 2.75) is 45.4 Å². The molecule has 4 heteroatoms. The van der Waals surface area contributed by atoms with Crippen LogP contribution in [0.2, 0.25) is 0 Å². The minimum Gasteiger partial charge on any atom is -0.481 e. The lowest BCUT2D eigenvalue weighted by molar-refractivity contribution is -0.873. The van der Waals surface area contributed by atoms with Gasteiger partial charge in [0.25, 0.3) is 0 Å². The molecule has 4 nitrogen and oxygen atoms in total. The molecule has 0 rings (SSSR count). The number of hydrogen-bond donors (Lipinski definition) is 1. The Labute approximate surface area is 115 Å². The Bertz CT molecular complexity index is 354. The third kappa shape index (κ3) is 10.3. The second kappa shape index (κ2) is 8.25. The van der Waals surface area contributed by atoms with E-state index < -0.39 is 18.9 Å². The van der Waals surface area contributed by atoms with Crippen LogP contribution in [0.3, 0.4) is 0 Å². The average molecular weight is 261 g/mol. The van der Waals surface area contributed by atoms with Crippen LogP contribution in [-0.2, 0) is 9.59 Å². The zero-order valence-electron chi connectivity index (χ0n) is 14.7. The van der Waals surface area contributed by atoms with E-state index in [1.54, 1.807) is 14.1 Å². The molecule has 0 aromatic rings. The monoisotopic (exact) mass is 261 g/mol. The number of carboxylic acid groups (broad SMARTS) is 1. The molecule has 0 fully saturated rings. The lowest BCUT2D eigenvalue weighted by Gasteiger charge is -2.28. The van der Waals surface area contributed by atoms with Gasteiger partial charge in [0.2, 0.25) is 0 Å². The van der Waals surface area contributed by atoms with Crippen molar-refractivity contribution < 1.29 is 23.3 Å². The highest BCUT2D eigenvalue weighted by Gasteiger charge is 2.23. The molecule has 0 amide bonds. The standard InChI is InChI=1S/C14H27NO3/c1-5-6-7-8-13(16)9-12(10-14(17)18)11-15(2,3)4/h12H,5-11H2,1-4H3/p+1/t12-/m1/s1/i2D3. The van der Waals surface area contributed by atoms with Crippen molar-refractivity contribution in [2.24, 2.45) is 5.92 Å². The first-order chi connectivity index (χ1) is 9.49. The topological polar surface area (TPSA) is 54.4 Å². The molecule has 18 heavy (non-hydrogen) atoms. The molecule has 0 bridgehead atoms. The van der Waals surface area contributed by atoms with Crippen LogP contribution < -0.4 is 0 Å². The summed E-state index contributed by atoms with van der Waals surface area (Å²) in [6, 6.07) is 0. The van der Waals surface area contributed by atoms with Gasteiger partial charge in [-0.05, 0) is 6.42 Å². The minimum atomic E-state index is -2.22. The summed E-state index contributed by atoms with van der Waals surface area (Å²) in [7, 11) is 3.09. The number of carbonyl (C=O) groups is 2. The number of unbranched alkanes of at least 4 members (excludes halogenated alkanes) is 2. The third-order valence-electron chi connectivity index (χ3n) is 2.75. The van der Waals surface area contributed by atoms with E-state index in [-0.39, 0.29) is 29.7 Å². The van der Waals surface area contributed by atoms with Gasteiger partial charge in [-0.2, -0.15) is 0 Å². The van der Waals surface area contributed by atoms with Gasteiger partial charge in [-0.25, -0.2) is 0 Å².